The second-order valence-corrected chi connectivity index (χ2v) is 5.43. The molecular formula is C17H38N2O2. The van der Waals surface area contributed by atoms with Gasteiger partial charge in [0.15, 0.2) is 0 Å². The van der Waals surface area contributed by atoms with Crippen molar-refractivity contribution in [2.75, 3.05) is 66.2 Å². The molecule has 1 aliphatic heterocycles. The Hall–Kier alpha value is -0.160. The van der Waals surface area contributed by atoms with Crippen LogP contribution in [0.15, 0.2) is 0 Å². The van der Waals surface area contributed by atoms with Crippen molar-refractivity contribution >= 4 is 0 Å². The predicted molar refractivity (Wildman–Crippen MR) is 91.1 cm³/mol. The maximum atomic E-state index is 5.66. The lowest BCUT2D eigenvalue weighted by atomic mass is 10.3. The van der Waals surface area contributed by atoms with Gasteiger partial charge in [-0.25, -0.2) is 0 Å². The molecule has 1 heterocycles. The normalized spacial score (nSPS) is 16.6. The molecule has 4 heteroatoms. The van der Waals surface area contributed by atoms with Crippen LogP contribution in [0.3, 0.4) is 0 Å². The van der Waals surface area contributed by atoms with Gasteiger partial charge in [0, 0.05) is 52.5 Å². The van der Waals surface area contributed by atoms with E-state index < -0.39 is 0 Å². The van der Waals surface area contributed by atoms with Gasteiger partial charge in [-0.05, 0) is 19.9 Å². The minimum atomic E-state index is 0.835. The molecule has 0 spiro atoms. The van der Waals surface area contributed by atoms with Crippen LogP contribution >= 0.6 is 0 Å². The Kier molecular flexibility index (Phi) is 16.1. The molecule has 0 bridgehead atoms. The van der Waals surface area contributed by atoms with Gasteiger partial charge in [0.1, 0.15) is 0 Å². The number of likely N-dealkylation sites (N-methyl/N-ethyl adjacent to an activating group) is 1. The fourth-order valence-corrected chi connectivity index (χ4v) is 2.19. The van der Waals surface area contributed by atoms with E-state index >= 15 is 0 Å². The summed E-state index contributed by atoms with van der Waals surface area (Å²) in [6, 6.07) is 0. The summed E-state index contributed by atoms with van der Waals surface area (Å²) in [7, 11) is 2.19. The number of hydrogen-bond acceptors (Lipinski definition) is 4. The first-order chi connectivity index (χ1) is 10.3. The first-order valence-corrected chi connectivity index (χ1v) is 8.89. The Morgan fingerprint density at radius 1 is 0.762 bits per heavy atom. The number of hydrogen-bond donors (Lipinski definition) is 0. The van der Waals surface area contributed by atoms with Crippen molar-refractivity contribution in [3.05, 3.63) is 0 Å². The van der Waals surface area contributed by atoms with Crippen molar-refractivity contribution in [3.63, 3.8) is 0 Å². The molecule has 128 valence electrons. The van der Waals surface area contributed by atoms with Gasteiger partial charge in [0.25, 0.3) is 0 Å². The maximum Gasteiger partial charge on any atom is 0.0593 e. The van der Waals surface area contributed by atoms with Gasteiger partial charge < -0.3 is 14.4 Å². The highest BCUT2D eigenvalue weighted by molar-refractivity contribution is 4.68. The second-order valence-electron chi connectivity index (χ2n) is 5.43. The van der Waals surface area contributed by atoms with Crippen molar-refractivity contribution in [3.8, 4) is 0 Å². The summed E-state index contributed by atoms with van der Waals surface area (Å²) in [6.45, 7) is 15.5. The minimum Gasteiger partial charge on any atom is -0.381 e. The van der Waals surface area contributed by atoms with Crippen LogP contribution in [0.25, 0.3) is 0 Å². The van der Waals surface area contributed by atoms with E-state index in [9.17, 15) is 0 Å². The van der Waals surface area contributed by atoms with Gasteiger partial charge in [-0.15, -0.1) is 0 Å². The highest BCUT2D eigenvalue weighted by atomic mass is 16.5. The smallest absolute Gasteiger partial charge is 0.0593 e. The van der Waals surface area contributed by atoms with Gasteiger partial charge in [0.05, 0.1) is 6.61 Å². The zero-order valence-electron chi connectivity index (χ0n) is 14.9. The summed E-state index contributed by atoms with van der Waals surface area (Å²) in [6.07, 6.45) is 4.76. The van der Waals surface area contributed by atoms with Gasteiger partial charge in [-0.1, -0.05) is 33.6 Å². The van der Waals surface area contributed by atoms with E-state index in [1.54, 1.807) is 0 Å². The van der Waals surface area contributed by atoms with Gasteiger partial charge in [-0.2, -0.15) is 0 Å². The molecule has 0 N–H and O–H groups in total. The standard InChI is InChI=1S/C15H32N2O2.C2H6/c1-3-4-5-12-18-13-6-14-19-15-11-17-9-7-16(2)8-10-17;1-2/h3-15H2,1-2H3;1-2H3. The third-order valence-electron chi connectivity index (χ3n) is 3.62. The van der Waals surface area contributed by atoms with E-state index in [0.717, 1.165) is 39.4 Å². The molecule has 0 saturated carbocycles. The fourth-order valence-electron chi connectivity index (χ4n) is 2.19. The summed E-state index contributed by atoms with van der Waals surface area (Å²) in [5.74, 6) is 0. The van der Waals surface area contributed by atoms with Crippen LogP contribution in [-0.4, -0.2) is 76.0 Å². The zero-order valence-corrected chi connectivity index (χ0v) is 14.9. The van der Waals surface area contributed by atoms with Crippen LogP contribution in [0, 0.1) is 0 Å². The van der Waals surface area contributed by atoms with Crippen LogP contribution in [0.4, 0.5) is 0 Å². The summed E-state index contributed by atoms with van der Waals surface area (Å²) >= 11 is 0. The van der Waals surface area contributed by atoms with Crippen LogP contribution in [-0.2, 0) is 9.47 Å². The van der Waals surface area contributed by atoms with Crippen LogP contribution in [0.5, 0.6) is 0 Å². The van der Waals surface area contributed by atoms with Gasteiger partial charge in [0.2, 0.25) is 0 Å². The fraction of sp³-hybridized carbons (Fsp3) is 1.00. The summed E-state index contributed by atoms with van der Waals surface area (Å²) in [4.78, 5) is 4.87. The quantitative estimate of drug-likeness (QED) is 0.548. The summed E-state index contributed by atoms with van der Waals surface area (Å²) in [5.41, 5.74) is 0. The Labute approximate surface area is 132 Å². The molecule has 0 atom stereocenters. The Morgan fingerprint density at radius 3 is 1.95 bits per heavy atom. The lowest BCUT2D eigenvalue weighted by Crippen LogP contribution is -2.45. The minimum absolute atomic E-state index is 0.835. The van der Waals surface area contributed by atoms with Gasteiger partial charge >= 0.3 is 0 Å². The topological polar surface area (TPSA) is 24.9 Å². The summed E-state index contributed by atoms with van der Waals surface area (Å²) < 4.78 is 11.2. The lowest BCUT2D eigenvalue weighted by Gasteiger charge is -2.32. The molecule has 1 fully saturated rings. The monoisotopic (exact) mass is 302 g/mol. The van der Waals surface area contributed by atoms with Crippen molar-refractivity contribution < 1.29 is 9.47 Å². The molecular weight excluding hydrogens is 264 g/mol. The zero-order chi connectivity index (χ0) is 15.8. The third kappa shape index (κ3) is 13.2. The summed E-state index contributed by atoms with van der Waals surface area (Å²) in [5, 5.41) is 0. The van der Waals surface area contributed by atoms with Crippen molar-refractivity contribution in [2.45, 2.75) is 46.5 Å². The largest absolute Gasteiger partial charge is 0.381 e. The molecule has 1 aliphatic rings. The molecule has 1 saturated heterocycles. The first kappa shape index (κ1) is 20.8. The van der Waals surface area contributed by atoms with Crippen LogP contribution in [0.1, 0.15) is 46.5 Å². The van der Waals surface area contributed by atoms with E-state index in [4.69, 9.17) is 9.47 Å². The van der Waals surface area contributed by atoms with Crippen LogP contribution < -0.4 is 0 Å². The molecule has 0 amide bonds. The second kappa shape index (κ2) is 16.2. The van der Waals surface area contributed by atoms with Crippen molar-refractivity contribution in [1.82, 2.24) is 9.80 Å². The SMILES string of the molecule is CC.CCCCCOCCCOCCN1CCN(C)CC1. The Bertz CT molecular complexity index is 195. The number of nitrogens with zero attached hydrogens (tertiary/aromatic N) is 2. The van der Waals surface area contributed by atoms with E-state index in [2.05, 4.69) is 23.8 Å². The maximum absolute atomic E-state index is 5.66. The average Bonchev–Trinajstić information content (AvgIpc) is 2.53. The molecule has 0 radical (unpaired) electrons. The molecule has 21 heavy (non-hydrogen) atoms. The Morgan fingerprint density at radius 2 is 1.33 bits per heavy atom. The molecule has 0 aromatic heterocycles. The average molecular weight is 303 g/mol. The number of unbranched alkanes of at least 4 members (excludes halogenated alkanes) is 2. The predicted octanol–water partition coefficient (Wildman–Crippen LogP) is 2.87. The molecule has 4 nitrogen and oxygen atoms in total. The molecule has 0 aromatic carbocycles. The lowest BCUT2D eigenvalue weighted by molar-refractivity contribution is 0.0604. The first-order valence-electron chi connectivity index (χ1n) is 8.89. The molecule has 0 unspecified atom stereocenters. The number of rotatable bonds is 11. The van der Waals surface area contributed by atoms with Gasteiger partial charge in [-0.3, -0.25) is 4.90 Å². The van der Waals surface area contributed by atoms with E-state index in [1.165, 1.54) is 45.4 Å². The highest BCUT2D eigenvalue weighted by Crippen LogP contribution is 1.99. The van der Waals surface area contributed by atoms with Crippen molar-refractivity contribution in [1.29, 1.82) is 0 Å². The van der Waals surface area contributed by atoms with E-state index in [0.29, 0.717) is 0 Å². The Balaban J connectivity index is 0.00000191. The molecule has 0 aromatic rings. The molecule has 1 rings (SSSR count). The highest BCUT2D eigenvalue weighted by Gasteiger charge is 2.12. The van der Waals surface area contributed by atoms with E-state index in [-0.39, 0.29) is 0 Å². The van der Waals surface area contributed by atoms with Crippen LogP contribution in [0.2, 0.25) is 0 Å². The number of piperazine rings is 1. The van der Waals surface area contributed by atoms with E-state index in [1.807, 2.05) is 13.8 Å². The molecule has 0 aliphatic carbocycles. The van der Waals surface area contributed by atoms with Crippen molar-refractivity contribution in [2.24, 2.45) is 0 Å². The third-order valence-corrected chi connectivity index (χ3v) is 3.62. The number of ether oxygens (including phenoxy) is 2.